The molecule has 3 atom stereocenters. The van der Waals surface area contributed by atoms with Gasteiger partial charge in [0.25, 0.3) is 0 Å². The van der Waals surface area contributed by atoms with E-state index >= 15 is 0 Å². The second-order valence-electron chi connectivity index (χ2n) is 8.81. The summed E-state index contributed by atoms with van der Waals surface area (Å²) in [5.41, 5.74) is 4.50. The minimum absolute atomic E-state index is 0.0653. The first-order valence-electron chi connectivity index (χ1n) is 11.6. The number of hydrogen-bond donors (Lipinski definition) is 2. The molecule has 8 nitrogen and oxygen atoms in total. The van der Waals surface area contributed by atoms with Crippen molar-refractivity contribution < 1.29 is 29.0 Å². The zero-order valence-corrected chi connectivity index (χ0v) is 19.4. The van der Waals surface area contributed by atoms with Crippen molar-refractivity contribution in [2.24, 2.45) is 5.92 Å². The van der Waals surface area contributed by atoms with Crippen LogP contribution in [0.25, 0.3) is 11.1 Å². The maximum Gasteiger partial charge on any atom is 0.407 e. The normalized spacial score (nSPS) is 19.7. The van der Waals surface area contributed by atoms with Crippen LogP contribution < -0.4 is 5.32 Å². The van der Waals surface area contributed by atoms with Gasteiger partial charge in [-0.05, 0) is 28.7 Å². The highest BCUT2D eigenvalue weighted by Crippen LogP contribution is 2.44. The summed E-state index contributed by atoms with van der Waals surface area (Å²) < 4.78 is 10.9. The molecule has 2 aromatic rings. The molecule has 8 heteroatoms. The Morgan fingerprint density at radius 3 is 2.29 bits per heavy atom. The summed E-state index contributed by atoms with van der Waals surface area (Å²) in [4.78, 5) is 38.7. The number of aliphatic carboxylic acids is 1. The van der Waals surface area contributed by atoms with Gasteiger partial charge in [0.1, 0.15) is 18.6 Å². The molecule has 0 spiro atoms. The van der Waals surface area contributed by atoms with Crippen molar-refractivity contribution in [1.29, 1.82) is 0 Å². The van der Waals surface area contributed by atoms with E-state index in [0.717, 1.165) is 22.3 Å². The third-order valence-corrected chi connectivity index (χ3v) is 6.72. The number of benzene rings is 2. The number of nitrogens with zero attached hydrogens (tertiary/aromatic N) is 1. The molecule has 0 radical (unpaired) electrons. The summed E-state index contributed by atoms with van der Waals surface area (Å²) >= 11 is 0. The van der Waals surface area contributed by atoms with Crippen LogP contribution in [0.1, 0.15) is 36.8 Å². The van der Waals surface area contributed by atoms with Gasteiger partial charge in [-0.2, -0.15) is 0 Å². The molecule has 1 fully saturated rings. The maximum atomic E-state index is 13.1. The molecule has 2 N–H and O–H groups in total. The maximum absolute atomic E-state index is 13.1. The molecule has 2 aromatic carbocycles. The summed E-state index contributed by atoms with van der Waals surface area (Å²) in [5, 5.41) is 12.1. The van der Waals surface area contributed by atoms with Crippen LogP contribution in [-0.2, 0) is 19.1 Å². The smallest absolute Gasteiger partial charge is 0.407 e. The van der Waals surface area contributed by atoms with E-state index in [1.807, 2.05) is 43.3 Å². The molecule has 2 unspecified atom stereocenters. The Morgan fingerprint density at radius 2 is 1.71 bits per heavy atom. The van der Waals surface area contributed by atoms with E-state index in [4.69, 9.17) is 9.47 Å². The molecular formula is C26H30N2O6. The zero-order valence-electron chi connectivity index (χ0n) is 19.4. The van der Waals surface area contributed by atoms with Crippen LogP contribution >= 0.6 is 0 Å². The van der Waals surface area contributed by atoms with Crippen LogP contribution in [-0.4, -0.2) is 66.9 Å². The molecule has 1 heterocycles. The van der Waals surface area contributed by atoms with Crippen molar-refractivity contribution in [3.63, 3.8) is 0 Å². The molecule has 0 saturated carbocycles. The molecule has 1 aliphatic heterocycles. The van der Waals surface area contributed by atoms with Crippen molar-refractivity contribution in [3.8, 4) is 11.1 Å². The number of carbonyl (C=O) groups excluding carboxylic acids is 2. The monoisotopic (exact) mass is 466 g/mol. The molecule has 34 heavy (non-hydrogen) atoms. The van der Waals surface area contributed by atoms with Gasteiger partial charge < -0.3 is 24.8 Å². The summed E-state index contributed by atoms with van der Waals surface area (Å²) in [6, 6.07) is 14.8. The number of fused-ring (bicyclic) bond motifs is 3. The molecular weight excluding hydrogens is 436 g/mol. The van der Waals surface area contributed by atoms with E-state index < -0.39 is 30.1 Å². The van der Waals surface area contributed by atoms with Gasteiger partial charge in [0, 0.05) is 13.0 Å². The molecule has 4 rings (SSSR count). The fraction of sp³-hybridized carbons (Fsp3) is 0.423. The van der Waals surface area contributed by atoms with Crippen molar-refractivity contribution >= 4 is 18.0 Å². The topological polar surface area (TPSA) is 105 Å². The van der Waals surface area contributed by atoms with Crippen LogP contribution in [0.4, 0.5) is 4.79 Å². The number of carbonyl (C=O) groups is 3. The fourth-order valence-electron chi connectivity index (χ4n) is 4.90. The molecule has 0 bridgehead atoms. The van der Waals surface area contributed by atoms with Crippen molar-refractivity contribution in [3.05, 3.63) is 59.7 Å². The lowest BCUT2D eigenvalue weighted by Gasteiger charge is -2.30. The third-order valence-electron chi connectivity index (χ3n) is 6.72. The first-order chi connectivity index (χ1) is 16.4. The van der Waals surface area contributed by atoms with Crippen LogP contribution in [0, 0.1) is 5.92 Å². The number of rotatable bonds is 8. The highest BCUT2D eigenvalue weighted by Gasteiger charge is 2.40. The van der Waals surface area contributed by atoms with Crippen molar-refractivity contribution in [2.75, 3.05) is 26.9 Å². The van der Waals surface area contributed by atoms with E-state index in [9.17, 15) is 19.5 Å². The molecule has 0 aromatic heterocycles. The lowest BCUT2D eigenvalue weighted by molar-refractivity contribution is -0.145. The van der Waals surface area contributed by atoms with Gasteiger partial charge in [0.05, 0.1) is 19.3 Å². The zero-order chi connectivity index (χ0) is 24.2. The number of amides is 2. The Kier molecular flexibility index (Phi) is 7.17. The average Bonchev–Trinajstić information content (AvgIpc) is 3.45. The first-order valence-corrected chi connectivity index (χ1v) is 11.6. The van der Waals surface area contributed by atoms with E-state index in [1.54, 1.807) is 7.05 Å². The lowest BCUT2D eigenvalue weighted by Crippen LogP contribution is -2.53. The number of nitrogens with one attached hydrogen (secondary N) is 1. The van der Waals surface area contributed by atoms with Crippen LogP contribution in [0.3, 0.4) is 0 Å². The number of alkyl carbamates (subject to hydrolysis) is 1. The summed E-state index contributed by atoms with van der Waals surface area (Å²) in [7, 11) is 1.56. The fourth-order valence-corrected chi connectivity index (χ4v) is 4.90. The summed E-state index contributed by atoms with van der Waals surface area (Å²) in [5.74, 6) is -2.21. The number of ether oxygens (including phenoxy) is 2. The average molecular weight is 467 g/mol. The summed E-state index contributed by atoms with van der Waals surface area (Å²) in [6.07, 6.45) is 0.412. The molecule has 180 valence electrons. The Hall–Kier alpha value is -3.39. The van der Waals surface area contributed by atoms with E-state index in [1.165, 1.54) is 4.90 Å². The number of carboxylic acid groups (broad SMARTS) is 1. The van der Waals surface area contributed by atoms with Gasteiger partial charge in [-0.25, -0.2) is 4.79 Å². The van der Waals surface area contributed by atoms with Gasteiger partial charge in [-0.1, -0.05) is 61.9 Å². The van der Waals surface area contributed by atoms with Gasteiger partial charge in [-0.3, -0.25) is 9.59 Å². The van der Waals surface area contributed by atoms with E-state index in [-0.39, 0.29) is 31.6 Å². The molecule has 1 saturated heterocycles. The molecule has 2 amide bonds. The quantitative estimate of drug-likeness (QED) is 0.619. The SMILES string of the molecule is CCC[C@@H](NC(=O)OCC1c2ccccc2-c2ccccc21)C(=O)N(C)C1COCC1C(=O)O. The van der Waals surface area contributed by atoms with Gasteiger partial charge in [-0.15, -0.1) is 0 Å². The largest absolute Gasteiger partial charge is 0.481 e. The third kappa shape index (κ3) is 4.63. The standard InChI is InChI=1S/C26H30N2O6/c1-3-8-22(24(29)28(2)23-15-33-13-21(23)25(30)31)27-26(32)34-14-20-18-11-6-4-9-16(18)17-10-5-7-12-19(17)20/h4-7,9-12,20-23H,3,8,13-15H2,1-2H3,(H,27,32)(H,30,31)/t21?,22-,23?/m1/s1. The molecule has 2 aliphatic rings. The lowest BCUT2D eigenvalue weighted by atomic mass is 9.98. The van der Waals surface area contributed by atoms with E-state index in [0.29, 0.717) is 12.8 Å². The Balaban J connectivity index is 1.41. The Labute approximate surface area is 198 Å². The summed E-state index contributed by atoms with van der Waals surface area (Å²) in [6.45, 7) is 2.29. The van der Waals surface area contributed by atoms with Crippen LogP contribution in [0.2, 0.25) is 0 Å². The van der Waals surface area contributed by atoms with Gasteiger partial charge in [0.15, 0.2) is 0 Å². The number of hydrogen-bond acceptors (Lipinski definition) is 5. The minimum atomic E-state index is -1.00. The number of likely N-dealkylation sites (N-methyl/N-ethyl adjacent to an activating group) is 1. The highest BCUT2D eigenvalue weighted by atomic mass is 16.5. The van der Waals surface area contributed by atoms with Crippen LogP contribution in [0.15, 0.2) is 48.5 Å². The second kappa shape index (κ2) is 10.3. The van der Waals surface area contributed by atoms with Crippen molar-refractivity contribution in [2.45, 2.75) is 37.8 Å². The van der Waals surface area contributed by atoms with Crippen LogP contribution in [0.5, 0.6) is 0 Å². The van der Waals surface area contributed by atoms with Gasteiger partial charge >= 0.3 is 12.1 Å². The first kappa shape index (κ1) is 23.8. The predicted molar refractivity (Wildman–Crippen MR) is 125 cm³/mol. The molecule has 1 aliphatic carbocycles. The minimum Gasteiger partial charge on any atom is -0.481 e. The number of carboxylic acids is 1. The predicted octanol–water partition coefficient (Wildman–Crippen LogP) is 3.25. The Morgan fingerprint density at radius 1 is 1.09 bits per heavy atom. The second-order valence-corrected chi connectivity index (χ2v) is 8.81. The van der Waals surface area contributed by atoms with E-state index in [2.05, 4.69) is 17.4 Å². The van der Waals surface area contributed by atoms with Gasteiger partial charge in [0.2, 0.25) is 5.91 Å². The van der Waals surface area contributed by atoms with Crippen molar-refractivity contribution in [1.82, 2.24) is 10.2 Å². The Bertz CT molecular complexity index is 1030. The highest BCUT2D eigenvalue weighted by molar-refractivity contribution is 5.86.